The largest absolute Gasteiger partial charge is 0.397 e. The number of hydrogen-bond donors (Lipinski definition) is 2. The number of unbranched alkanes of at least 4 members (excludes halogenated alkanes) is 1. The Bertz CT molecular complexity index is 612. The Labute approximate surface area is 130 Å². The highest BCUT2D eigenvalue weighted by Crippen LogP contribution is 2.35. The number of anilines is 1. The Morgan fingerprint density at radius 3 is 3.00 bits per heavy atom. The number of benzene rings is 1. The summed E-state index contributed by atoms with van der Waals surface area (Å²) in [6.45, 7) is 1.36. The summed E-state index contributed by atoms with van der Waals surface area (Å²) in [5, 5.41) is 3.82. The van der Waals surface area contributed by atoms with Crippen LogP contribution in [-0.4, -0.2) is 26.2 Å². The highest BCUT2D eigenvalue weighted by Gasteiger charge is 2.15. The van der Waals surface area contributed by atoms with Gasteiger partial charge in [-0.2, -0.15) is 0 Å². The lowest BCUT2D eigenvalue weighted by Gasteiger charge is -2.04. The maximum atomic E-state index is 12.1. The number of amides is 1. The summed E-state index contributed by atoms with van der Waals surface area (Å²) >= 11 is 4.84. The van der Waals surface area contributed by atoms with Crippen LogP contribution in [0.4, 0.5) is 5.69 Å². The van der Waals surface area contributed by atoms with E-state index in [2.05, 4.69) is 21.2 Å². The SMILES string of the molecule is COCCCCNC(=O)c1sc2ccc(Br)cc2c1N. The summed E-state index contributed by atoms with van der Waals surface area (Å²) in [6.07, 6.45) is 1.83. The van der Waals surface area contributed by atoms with Crippen LogP contribution in [0.5, 0.6) is 0 Å². The number of nitrogen functional groups attached to an aromatic ring is 1. The standard InChI is InChI=1S/C14H17BrN2O2S/c1-19-7-3-2-6-17-14(18)13-12(16)10-8-9(15)4-5-11(10)20-13/h4-5,8H,2-3,6-7,16H2,1H3,(H,17,18). The molecule has 1 heterocycles. The topological polar surface area (TPSA) is 64.3 Å². The number of fused-ring (bicyclic) bond motifs is 1. The molecule has 2 rings (SSSR count). The fourth-order valence-electron chi connectivity index (χ4n) is 1.91. The molecule has 0 atom stereocenters. The van der Waals surface area contributed by atoms with E-state index in [4.69, 9.17) is 10.5 Å². The van der Waals surface area contributed by atoms with E-state index in [0.717, 1.165) is 34.0 Å². The molecule has 1 aromatic heterocycles. The number of hydrogen-bond acceptors (Lipinski definition) is 4. The van der Waals surface area contributed by atoms with Gasteiger partial charge in [0.25, 0.3) is 5.91 Å². The first-order valence-corrected chi connectivity index (χ1v) is 7.99. The smallest absolute Gasteiger partial charge is 0.263 e. The van der Waals surface area contributed by atoms with Gasteiger partial charge in [-0.3, -0.25) is 4.79 Å². The second-order valence-corrected chi connectivity index (χ2v) is 6.41. The molecule has 0 fully saturated rings. The van der Waals surface area contributed by atoms with Gasteiger partial charge in [0, 0.05) is 34.8 Å². The van der Waals surface area contributed by atoms with Crippen LogP contribution >= 0.6 is 27.3 Å². The Kier molecular flexibility index (Phi) is 5.39. The van der Waals surface area contributed by atoms with Crippen LogP contribution in [0.3, 0.4) is 0 Å². The van der Waals surface area contributed by atoms with Crippen LogP contribution in [0.1, 0.15) is 22.5 Å². The van der Waals surface area contributed by atoms with Crippen LogP contribution in [-0.2, 0) is 4.74 Å². The molecule has 0 aliphatic rings. The fraction of sp³-hybridized carbons (Fsp3) is 0.357. The average molecular weight is 357 g/mol. The quantitative estimate of drug-likeness (QED) is 0.779. The molecule has 1 amide bonds. The van der Waals surface area contributed by atoms with Crippen LogP contribution in [0, 0.1) is 0 Å². The van der Waals surface area contributed by atoms with Gasteiger partial charge >= 0.3 is 0 Å². The summed E-state index contributed by atoms with van der Waals surface area (Å²) < 4.78 is 6.95. The molecule has 0 saturated heterocycles. The molecule has 0 aliphatic heterocycles. The first-order chi connectivity index (χ1) is 9.63. The number of carbonyl (C=O) groups excluding carboxylic acids is 1. The summed E-state index contributed by atoms with van der Waals surface area (Å²) in [4.78, 5) is 12.7. The lowest BCUT2D eigenvalue weighted by Crippen LogP contribution is -2.24. The number of halogens is 1. The average Bonchev–Trinajstić information content (AvgIpc) is 2.76. The van der Waals surface area contributed by atoms with Crippen molar-refractivity contribution in [2.45, 2.75) is 12.8 Å². The molecule has 20 heavy (non-hydrogen) atoms. The van der Waals surface area contributed by atoms with Gasteiger partial charge in [0.2, 0.25) is 0 Å². The number of carbonyl (C=O) groups is 1. The number of nitrogens with one attached hydrogen (secondary N) is 1. The van der Waals surface area contributed by atoms with Crippen LogP contribution in [0.15, 0.2) is 22.7 Å². The van der Waals surface area contributed by atoms with E-state index in [1.165, 1.54) is 11.3 Å². The molecule has 0 unspecified atom stereocenters. The van der Waals surface area contributed by atoms with Crippen molar-refractivity contribution in [1.82, 2.24) is 5.32 Å². The van der Waals surface area contributed by atoms with Gasteiger partial charge in [0.1, 0.15) is 4.88 Å². The van der Waals surface area contributed by atoms with Gasteiger partial charge in [0.05, 0.1) is 5.69 Å². The molecule has 0 spiro atoms. The lowest BCUT2D eigenvalue weighted by atomic mass is 10.2. The molecule has 1 aromatic carbocycles. The molecular weight excluding hydrogens is 340 g/mol. The molecule has 3 N–H and O–H groups in total. The van der Waals surface area contributed by atoms with Crippen molar-refractivity contribution < 1.29 is 9.53 Å². The van der Waals surface area contributed by atoms with Crippen LogP contribution in [0.2, 0.25) is 0 Å². The maximum Gasteiger partial charge on any atom is 0.263 e. The molecular formula is C14H17BrN2O2S. The predicted octanol–water partition coefficient (Wildman–Crippen LogP) is 3.40. The minimum absolute atomic E-state index is 0.0998. The van der Waals surface area contributed by atoms with Crippen molar-refractivity contribution >= 4 is 48.9 Å². The van der Waals surface area contributed by atoms with Crippen molar-refractivity contribution in [2.24, 2.45) is 0 Å². The van der Waals surface area contributed by atoms with Gasteiger partial charge in [0.15, 0.2) is 0 Å². The van der Waals surface area contributed by atoms with Crippen LogP contribution < -0.4 is 11.1 Å². The van der Waals surface area contributed by atoms with E-state index in [-0.39, 0.29) is 5.91 Å². The van der Waals surface area contributed by atoms with E-state index in [9.17, 15) is 4.79 Å². The molecule has 0 radical (unpaired) electrons. The molecule has 0 bridgehead atoms. The highest BCUT2D eigenvalue weighted by atomic mass is 79.9. The Balaban J connectivity index is 2.05. The predicted molar refractivity (Wildman–Crippen MR) is 87.4 cm³/mol. The summed E-state index contributed by atoms with van der Waals surface area (Å²) in [7, 11) is 1.68. The monoisotopic (exact) mass is 356 g/mol. The van der Waals surface area contributed by atoms with Crippen LogP contribution in [0.25, 0.3) is 10.1 Å². The zero-order valence-corrected chi connectivity index (χ0v) is 13.6. The van der Waals surface area contributed by atoms with Gasteiger partial charge < -0.3 is 15.8 Å². The molecule has 6 heteroatoms. The van der Waals surface area contributed by atoms with E-state index >= 15 is 0 Å². The van der Waals surface area contributed by atoms with E-state index in [1.54, 1.807) is 7.11 Å². The van der Waals surface area contributed by atoms with E-state index in [0.29, 0.717) is 17.1 Å². The third-order valence-electron chi connectivity index (χ3n) is 2.96. The normalized spacial score (nSPS) is 10.9. The third-order valence-corrected chi connectivity index (χ3v) is 4.63. The Hall–Kier alpha value is -1.11. The number of nitrogens with two attached hydrogens (primary N) is 1. The number of rotatable bonds is 6. The summed E-state index contributed by atoms with van der Waals surface area (Å²) in [5.41, 5.74) is 6.63. The van der Waals surface area contributed by atoms with E-state index < -0.39 is 0 Å². The molecule has 0 aliphatic carbocycles. The number of thiophene rings is 1. The van der Waals surface area contributed by atoms with Gasteiger partial charge in [-0.15, -0.1) is 11.3 Å². The molecule has 108 valence electrons. The molecule has 0 saturated carbocycles. The first-order valence-electron chi connectivity index (χ1n) is 6.38. The zero-order chi connectivity index (χ0) is 14.5. The number of methoxy groups -OCH3 is 1. The van der Waals surface area contributed by atoms with Crippen molar-refractivity contribution in [3.63, 3.8) is 0 Å². The Morgan fingerprint density at radius 2 is 2.25 bits per heavy atom. The second kappa shape index (κ2) is 7.06. The van der Waals surface area contributed by atoms with E-state index in [1.807, 2.05) is 18.2 Å². The summed E-state index contributed by atoms with van der Waals surface area (Å²) in [5.74, 6) is -0.0998. The second-order valence-electron chi connectivity index (χ2n) is 4.44. The molecule has 4 nitrogen and oxygen atoms in total. The first kappa shape index (κ1) is 15.3. The minimum atomic E-state index is -0.0998. The van der Waals surface area contributed by atoms with Crippen molar-refractivity contribution in [2.75, 3.05) is 26.0 Å². The molecule has 2 aromatic rings. The Morgan fingerprint density at radius 1 is 1.45 bits per heavy atom. The van der Waals surface area contributed by atoms with Crippen molar-refractivity contribution in [1.29, 1.82) is 0 Å². The zero-order valence-electron chi connectivity index (χ0n) is 11.2. The fourth-order valence-corrected chi connectivity index (χ4v) is 3.29. The maximum absolute atomic E-state index is 12.1. The van der Waals surface area contributed by atoms with Gasteiger partial charge in [-0.05, 0) is 31.0 Å². The van der Waals surface area contributed by atoms with Crippen molar-refractivity contribution in [3.8, 4) is 0 Å². The lowest BCUT2D eigenvalue weighted by molar-refractivity contribution is 0.0956. The minimum Gasteiger partial charge on any atom is -0.397 e. The van der Waals surface area contributed by atoms with Gasteiger partial charge in [-0.25, -0.2) is 0 Å². The van der Waals surface area contributed by atoms with Crippen molar-refractivity contribution in [3.05, 3.63) is 27.5 Å². The summed E-state index contributed by atoms with van der Waals surface area (Å²) in [6, 6.07) is 5.86. The number of ether oxygens (including phenoxy) is 1. The third kappa shape index (κ3) is 3.50. The van der Waals surface area contributed by atoms with Gasteiger partial charge in [-0.1, -0.05) is 15.9 Å². The highest BCUT2D eigenvalue weighted by molar-refractivity contribution is 9.10.